The highest BCUT2D eigenvalue weighted by Gasteiger charge is 2.46. The Morgan fingerprint density at radius 3 is 2.62 bits per heavy atom. The minimum Gasteiger partial charge on any atom is -0.444 e. The summed E-state index contributed by atoms with van der Waals surface area (Å²) in [5.74, 6) is 5.20. The second-order valence-electron chi connectivity index (χ2n) is 6.41. The number of benzene rings is 1. The van der Waals surface area contributed by atoms with Gasteiger partial charge in [-0.2, -0.15) is 0 Å². The number of hydrogen-bond acceptors (Lipinski definition) is 4. The highest BCUT2D eigenvalue weighted by Crippen LogP contribution is 2.51. The topological polar surface area (TPSA) is 73.6 Å². The fourth-order valence-electron chi connectivity index (χ4n) is 2.23. The Labute approximate surface area is 129 Å². The van der Waals surface area contributed by atoms with E-state index in [1.54, 1.807) is 12.1 Å². The Morgan fingerprint density at radius 1 is 1.43 bits per heavy atom. The molecular weight excluding hydrogens is 292 g/mol. The molecule has 0 spiro atoms. The van der Waals surface area contributed by atoms with Crippen molar-refractivity contribution in [1.82, 2.24) is 0 Å². The van der Waals surface area contributed by atoms with Gasteiger partial charge in [-0.15, -0.1) is 0 Å². The third-order valence-corrected chi connectivity index (χ3v) is 3.73. The van der Waals surface area contributed by atoms with Crippen LogP contribution < -0.4 is 11.2 Å². The minimum absolute atomic E-state index is 0.128. The molecule has 1 amide bonds. The van der Waals surface area contributed by atoms with Gasteiger partial charge in [-0.25, -0.2) is 10.7 Å². The SMILES string of the molecule is CC(C)(C)OC(=O)Nc1ccc(Cl)c(C2(CON)CC2)c1. The zero-order valence-corrected chi connectivity index (χ0v) is 13.3. The number of rotatable bonds is 4. The molecule has 1 saturated carbocycles. The summed E-state index contributed by atoms with van der Waals surface area (Å²) < 4.78 is 5.23. The molecule has 0 unspecified atom stereocenters. The second kappa shape index (κ2) is 5.83. The van der Waals surface area contributed by atoms with E-state index in [2.05, 4.69) is 5.32 Å². The summed E-state index contributed by atoms with van der Waals surface area (Å²) >= 11 is 6.26. The molecule has 5 nitrogen and oxygen atoms in total. The van der Waals surface area contributed by atoms with Gasteiger partial charge in [-0.1, -0.05) is 11.6 Å². The maximum absolute atomic E-state index is 11.8. The molecule has 0 atom stereocenters. The monoisotopic (exact) mass is 312 g/mol. The molecule has 1 aromatic carbocycles. The summed E-state index contributed by atoms with van der Waals surface area (Å²) in [6.45, 7) is 5.87. The van der Waals surface area contributed by atoms with Crippen LogP contribution >= 0.6 is 11.6 Å². The van der Waals surface area contributed by atoms with Crippen molar-refractivity contribution in [2.24, 2.45) is 5.90 Å². The van der Waals surface area contributed by atoms with Crippen molar-refractivity contribution < 1.29 is 14.4 Å². The van der Waals surface area contributed by atoms with Crippen LogP contribution in [0.25, 0.3) is 0 Å². The molecule has 0 aromatic heterocycles. The highest BCUT2D eigenvalue weighted by atomic mass is 35.5. The Bertz CT molecular complexity index is 536. The van der Waals surface area contributed by atoms with E-state index in [1.165, 1.54) is 0 Å². The first-order chi connectivity index (χ1) is 9.76. The molecule has 3 N–H and O–H groups in total. The predicted octanol–water partition coefficient (Wildman–Crippen LogP) is 3.61. The van der Waals surface area contributed by atoms with Gasteiger partial charge in [-0.05, 0) is 57.4 Å². The second-order valence-corrected chi connectivity index (χ2v) is 6.82. The van der Waals surface area contributed by atoms with Gasteiger partial charge in [0.1, 0.15) is 5.60 Å². The Balaban J connectivity index is 2.14. The molecule has 1 fully saturated rings. The first kappa shape index (κ1) is 16.1. The van der Waals surface area contributed by atoms with Gasteiger partial charge >= 0.3 is 6.09 Å². The summed E-state index contributed by atoms with van der Waals surface area (Å²) in [5.41, 5.74) is 0.928. The smallest absolute Gasteiger partial charge is 0.412 e. The van der Waals surface area contributed by atoms with Gasteiger partial charge in [0.15, 0.2) is 0 Å². The Morgan fingerprint density at radius 2 is 2.10 bits per heavy atom. The van der Waals surface area contributed by atoms with E-state index < -0.39 is 11.7 Å². The average Bonchev–Trinajstić information content (AvgIpc) is 3.10. The van der Waals surface area contributed by atoms with Crippen LogP contribution in [0.4, 0.5) is 10.5 Å². The number of carbonyl (C=O) groups is 1. The van der Waals surface area contributed by atoms with E-state index in [0.717, 1.165) is 18.4 Å². The number of nitrogens with one attached hydrogen (secondary N) is 1. The lowest BCUT2D eigenvalue weighted by molar-refractivity contribution is 0.0636. The number of hydrogen-bond donors (Lipinski definition) is 2. The predicted molar refractivity (Wildman–Crippen MR) is 82.4 cm³/mol. The molecule has 0 aliphatic heterocycles. The van der Waals surface area contributed by atoms with Crippen molar-refractivity contribution >= 4 is 23.4 Å². The van der Waals surface area contributed by atoms with Crippen LogP contribution in [-0.4, -0.2) is 18.3 Å². The number of ether oxygens (including phenoxy) is 1. The normalized spacial score (nSPS) is 16.4. The van der Waals surface area contributed by atoms with E-state index in [4.69, 9.17) is 27.1 Å². The molecular formula is C15H21ClN2O3. The first-order valence-electron chi connectivity index (χ1n) is 6.87. The third-order valence-electron chi connectivity index (χ3n) is 3.40. The van der Waals surface area contributed by atoms with E-state index in [9.17, 15) is 4.79 Å². The van der Waals surface area contributed by atoms with Gasteiger partial charge < -0.3 is 9.57 Å². The number of amides is 1. The van der Waals surface area contributed by atoms with Gasteiger partial charge in [0, 0.05) is 16.1 Å². The highest BCUT2D eigenvalue weighted by molar-refractivity contribution is 6.31. The molecule has 1 aliphatic carbocycles. The Hall–Kier alpha value is -1.30. The largest absolute Gasteiger partial charge is 0.444 e. The van der Waals surface area contributed by atoms with Gasteiger partial charge in [-0.3, -0.25) is 5.32 Å². The quantitative estimate of drug-likeness (QED) is 0.833. The van der Waals surface area contributed by atoms with Gasteiger partial charge in [0.25, 0.3) is 0 Å². The minimum atomic E-state index is -0.537. The van der Waals surface area contributed by atoms with Crippen molar-refractivity contribution in [1.29, 1.82) is 0 Å². The summed E-state index contributed by atoms with van der Waals surface area (Å²) in [6, 6.07) is 5.37. The van der Waals surface area contributed by atoms with Crippen LogP contribution in [0.2, 0.25) is 5.02 Å². The number of anilines is 1. The fraction of sp³-hybridized carbons (Fsp3) is 0.533. The van der Waals surface area contributed by atoms with Crippen LogP contribution in [0, 0.1) is 0 Å². The van der Waals surface area contributed by atoms with Crippen LogP contribution in [0.1, 0.15) is 39.2 Å². The van der Waals surface area contributed by atoms with E-state index >= 15 is 0 Å². The average molecular weight is 313 g/mol. The number of carbonyl (C=O) groups excluding carboxylic acids is 1. The van der Waals surface area contributed by atoms with Crippen LogP contribution in [0.5, 0.6) is 0 Å². The van der Waals surface area contributed by atoms with Crippen molar-refractivity contribution in [2.45, 2.75) is 44.6 Å². The third kappa shape index (κ3) is 4.09. The summed E-state index contributed by atoms with van der Waals surface area (Å²) in [6.07, 6.45) is 1.45. The molecule has 2 rings (SSSR count). The first-order valence-corrected chi connectivity index (χ1v) is 7.25. The van der Waals surface area contributed by atoms with E-state index in [0.29, 0.717) is 17.3 Å². The van der Waals surface area contributed by atoms with E-state index in [-0.39, 0.29) is 5.41 Å². The molecule has 1 aromatic rings. The lowest BCUT2D eigenvalue weighted by atomic mass is 9.96. The van der Waals surface area contributed by atoms with Crippen LogP contribution in [-0.2, 0) is 15.0 Å². The lowest BCUT2D eigenvalue weighted by Crippen LogP contribution is -2.27. The number of nitrogens with two attached hydrogens (primary N) is 1. The molecule has 6 heteroatoms. The van der Waals surface area contributed by atoms with Crippen molar-refractivity contribution in [3.05, 3.63) is 28.8 Å². The van der Waals surface area contributed by atoms with Gasteiger partial charge in [0.05, 0.1) is 6.61 Å². The maximum atomic E-state index is 11.8. The molecule has 0 heterocycles. The molecule has 0 saturated heterocycles. The van der Waals surface area contributed by atoms with Crippen molar-refractivity contribution in [3.8, 4) is 0 Å². The standard InChI is InChI=1S/C15H21ClN2O3/c1-14(2,3)21-13(19)18-10-4-5-12(16)11(8-10)15(6-7-15)9-20-17/h4-5,8H,6-7,9,17H2,1-3H3,(H,18,19). The van der Waals surface area contributed by atoms with Crippen molar-refractivity contribution in [2.75, 3.05) is 11.9 Å². The van der Waals surface area contributed by atoms with E-state index in [1.807, 2.05) is 26.8 Å². The molecule has 1 aliphatic rings. The molecule has 0 radical (unpaired) electrons. The summed E-state index contributed by atoms with van der Waals surface area (Å²) in [4.78, 5) is 16.6. The molecule has 0 bridgehead atoms. The lowest BCUT2D eigenvalue weighted by Gasteiger charge is -2.21. The van der Waals surface area contributed by atoms with Crippen LogP contribution in [0.15, 0.2) is 18.2 Å². The summed E-state index contributed by atoms with van der Waals surface area (Å²) in [7, 11) is 0. The van der Waals surface area contributed by atoms with Gasteiger partial charge in [0.2, 0.25) is 0 Å². The Kier molecular flexibility index (Phi) is 4.46. The molecule has 116 valence electrons. The summed E-state index contributed by atoms with van der Waals surface area (Å²) in [5, 5.41) is 3.37. The number of halogens is 1. The fourth-order valence-corrected chi connectivity index (χ4v) is 2.55. The zero-order chi connectivity index (χ0) is 15.7. The van der Waals surface area contributed by atoms with Crippen LogP contribution in [0.3, 0.4) is 0 Å². The van der Waals surface area contributed by atoms with Crippen molar-refractivity contribution in [3.63, 3.8) is 0 Å². The zero-order valence-electron chi connectivity index (χ0n) is 12.5. The molecule has 21 heavy (non-hydrogen) atoms. The maximum Gasteiger partial charge on any atom is 0.412 e.